The molecule has 2 aromatic rings. The number of aryl methyl sites for hydroxylation is 2. The highest BCUT2D eigenvalue weighted by Crippen LogP contribution is 2.33. The predicted molar refractivity (Wildman–Crippen MR) is 107 cm³/mol. The Morgan fingerprint density at radius 2 is 1.96 bits per heavy atom. The molecule has 0 saturated carbocycles. The van der Waals surface area contributed by atoms with E-state index < -0.39 is 9.84 Å². The first kappa shape index (κ1) is 19.4. The van der Waals surface area contributed by atoms with Gasteiger partial charge in [-0.05, 0) is 49.2 Å². The van der Waals surface area contributed by atoms with Gasteiger partial charge in [-0.15, -0.1) is 11.8 Å². The fraction of sp³-hybridized carbons (Fsp3) is 0.263. The number of sulfone groups is 1. The molecule has 0 spiro atoms. The monoisotopic (exact) mass is 404 g/mol. The highest BCUT2D eigenvalue weighted by Gasteiger charge is 2.21. The molecule has 2 amide bonds. The van der Waals surface area contributed by atoms with Crippen LogP contribution in [0.3, 0.4) is 0 Å². The number of hydrogen-bond donors (Lipinski definition) is 2. The van der Waals surface area contributed by atoms with Crippen molar-refractivity contribution in [2.45, 2.75) is 30.1 Å². The fourth-order valence-electron chi connectivity index (χ4n) is 2.68. The van der Waals surface area contributed by atoms with Gasteiger partial charge in [0.05, 0.1) is 22.1 Å². The summed E-state index contributed by atoms with van der Waals surface area (Å²) in [7, 11) is -3.64. The van der Waals surface area contributed by atoms with Gasteiger partial charge >= 0.3 is 0 Å². The topological polar surface area (TPSA) is 92.3 Å². The Labute approximate surface area is 162 Å². The minimum Gasteiger partial charge on any atom is -0.326 e. The van der Waals surface area contributed by atoms with Crippen LogP contribution >= 0.6 is 11.8 Å². The summed E-state index contributed by atoms with van der Waals surface area (Å²) >= 11 is 1.37. The first-order chi connectivity index (χ1) is 12.7. The van der Waals surface area contributed by atoms with E-state index in [1.165, 1.54) is 23.9 Å². The Hall–Kier alpha value is -2.32. The molecular formula is C19H20N2O4S2. The number of nitrogens with one attached hydrogen (secondary N) is 2. The van der Waals surface area contributed by atoms with Crippen LogP contribution in [0.2, 0.25) is 0 Å². The van der Waals surface area contributed by atoms with Gasteiger partial charge in [-0.25, -0.2) is 8.42 Å². The van der Waals surface area contributed by atoms with E-state index in [0.717, 1.165) is 16.0 Å². The molecule has 0 saturated heterocycles. The lowest BCUT2D eigenvalue weighted by Crippen LogP contribution is -2.20. The molecule has 0 aromatic heterocycles. The van der Waals surface area contributed by atoms with Crippen molar-refractivity contribution in [3.63, 3.8) is 0 Å². The van der Waals surface area contributed by atoms with Crippen molar-refractivity contribution in [1.29, 1.82) is 0 Å². The number of rotatable bonds is 5. The van der Waals surface area contributed by atoms with Crippen molar-refractivity contribution in [3.8, 4) is 0 Å². The SMILES string of the molecule is Cc1ccc(C)c(NC(=O)CCS(=O)(=O)c2ccc3c(c2)NC(=O)CS3)c1. The second-order valence-corrected chi connectivity index (χ2v) is 9.56. The van der Waals surface area contributed by atoms with Crippen LogP contribution in [-0.2, 0) is 19.4 Å². The molecule has 3 rings (SSSR count). The second kappa shape index (κ2) is 7.74. The molecule has 1 aliphatic heterocycles. The number of anilines is 2. The summed E-state index contributed by atoms with van der Waals surface area (Å²) in [5.41, 5.74) is 3.11. The van der Waals surface area contributed by atoms with Gasteiger partial charge in [0.25, 0.3) is 0 Å². The van der Waals surface area contributed by atoms with Crippen molar-refractivity contribution in [1.82, 2.24) is 0 Å². The van der Waals surface area contributed by atoms with Crippen LogP contribution in [0, 0.1) is 13.8 Å². The van der Waals surface area contributed by atoms with Crippen molar-refractivity contribution >= 4 is 44.8 Å². The third-order valence-electron chi connectivity index (χ3n) is 4.21. The van der Waals surface area contributed by atoms with Gasteiger partial charge in [-0.3, -0.25) is 9.59 Å². The van der Waals surface area contributed by atoms with E-state index in [1.807, 2.05) is 32.0 Å². The molecule has 0 fully saturated rings. The molecule has 8 heteroatoms. The molecule has 0 aliphatic carbocycles. The molecule has 6 nitrogen and oxygen atoms in total. The lowest BCUT2D eigenvalue weighted by Gasteiger charge is -2.17. The van der Waals surface area contributed by atoms with Crippen LogP contribution in [-0.4, -0.2) is 31.7 Å². The third kappa shape index (κ3) is 4.70. The molecule has 0 unspecified atom stereocenters. The number of hydrogen-bond acceptors (Lipinski definition) is 5. The van der Waals surface area contributed by atoms with Crippen LogP contribution in [0.25, 0.3) is 0 Å². The number of benzene rings is 2. The molecule has 27 heavy (non-hydrogen) atoms. The summed E-state index contributed by atoms with van der Waals surface area (Å²) in [5, 5.41) is 5.45. The van der Waals surface area contributed by atoms with E-state index in [1.54, 1.807) is 6.07 Å². The van der Waals surface area contributed by atoms with Crippen molar-refractivity contribution < 1.29 is 18.0 Å². The molecule has 0 atom stereocenters. The Kier molecular flexibility index (Phi) is 5.57. The average Bonchev–Trinajstić information content (AvgIpc) is 2.62. The van der Waals surface area contributed by atoms with E-state index in [0.29, 0.717) is 17.1 Å². The van der Waals surface area contributed by atoms with E-state index >= 15 is 0 Å². The third-order valence-corrected chi connectivity index (χ3v) is 7.00. The van der Waals surface area contributed by atoms with Crippen molar-refractivity contribution in [2.75, 3.05) is 22.1 Å². The van der Waals surface area contributed by atoms with Crippen LogP contribution in [0.5, 0.6) is 0 Å². The number of carbonyl (C=O) groups is 2. The number of thioether (sulfide) groups is 1. The second-order valence-electron chi connectivity index (χ2n) is 6.43. The van der Waals surface area contributed by atoms with Gasteiger partial charge < -0.3 is 10.6 Å². The van der Waals surface area contributed by atoms with Gasteiger partial charge in [0.1, 0.15) is 0 Å². The normalized spacial score (nSPS) is 13.6. The van der Waals surface area contributed by atoms with Crippen LogP contribution < -0.4 is 10.6 Å². The maximum Gasteiger partial charge on any atom is 0.234 e. The predicted octanol–water partition coefficient (Wildman–Crippen LogP) is 3.15. The number of fused-ring (bicyclic) bond motifs is 1. The van der Waals surface area contributed by atoms with Crippen molar-refractivity contribution in [3.05, 3.63) is 47.5 Å². The van der Waals surface area contributed by atoms with Crippen LogP contribution in [0.4, 0.5) is 11.4 Å². The fourth-order valence-corrected chi connectivity index (χ4v) is 4.73. The quantitative estimate of drug-likeness (QED) is 0.799. The highest BCUT2D eigenvalue weighted by molar-refractivity contribution is 8.00. The largest absolute Gasteiger partial charge is 0.326 e. The Morgan fingerprint density at radius 3 is 2.74 bits per heavy atom. The minimum absolute atomic E-state index is 0.101. The van der Waals surface area contributed by atoms with Gasteiger partial charge in [0, 0.05) is 17.0 Å². The molecule has 142 valence electrons. The summed E-state index contributed by atoms with van der Waals surface area (Å²) in [5.74, 6) is -0.495. The summed E-state index contributed by atoms with van der Waals surface area (Å²) in [6, 6.07) is 10.4. The van der Waals surface area contributed by atoms with E-state index in [-0.39, 0.29) is 28.9 Å². The summed E-state index contributed by atoms with van der Waals surface area (Å²) in [6.45, 7) is 3.80. The molecule has 2 N–H and O–H groups in total. The maximum absolute atomic E-state index is 12.6. The molecule has 2 aromatic carbocycles. The first-order valence-corrected chi connectivity index (χ1v) is 11.0. The zero-order valence-corrected chi connectivity index (χ0v) is 16.7. The van der Waals surface area contributed by atoms with Crippen LogP contribution in [0.1, 0.15) is 17.5 Å². The van der Waals surface area contributed by atoms with E-state index in [9.17, 15) is 18.0 Å². The van der Waals surface area contributed by atoms with Crippen LogP contribution in [0.15, 0.2) is 46.2 Å². The maximum atomic E-state index is 12.6. The van der Waals surface area contributed by atoms with Gasteiger partial charge in [-0.1, -0.05) is 12.1 Å². The molecule has 0 radical (unpaired) electrons. The van der Waals surface area contributed by atoms with Gasteiger partial charge in [0.2, 0.25) is 11.8 Å². The lowest BCUT2D eigenvalue weighted by molar-refractivity contribution is -0.116. The number of amides is 2. The Balaban J connectivity index is 1.68. The zero-order chi connectivity index (χ0) is 19.6. The average molecular weight is 405 g/mol. The lowest BCUT2D eigenvalue weighted by atomic mass is 10.1. The smallest absolute Gasteiger partial charge is 0.234 e. The Bertz CT molecular complexity index is 1020. The first-order valence-electron chi connectivity index (χ1n) is 8.41. The minimum atomic E-state index is -3.64. The van der Waals surface area contributed by atoms with Gasteiger partial charge in [-0.2, -0.15) is 0 Å². The van der Waals surface area contributed by atoms with Gasteiger partial charge in [0.15, 0.2) is 9.84 Å². The zero-order valence-electron chi connectivity index (χ0n) is 15.0. The molecule has 1 aliphatic rings. The van der Waals surface area contributed by atoms with E-state index in [2.05, 4.69) is 10.6 Å². The standard InChI is InChI=1S/C19H20N2O4S2/c1-12-3-4-13(2)15(9-12)20-18(22)7-8-27(24,25)14-5-6-17-16(10-14)21-19(23)11-26-17/h3-6,9-10H,7-8,11H2,1-2H3,(H,20,22)(H,21,23). The summed E-state index contributed by atoms with van der Waals surface area (Å²) in [4.78, 5) is 24.6. The Morgan fingerprint density at radius 1 is 1.19 bits per heavy atom. The molecular weight excluding hydrogens is 384 g/mol. The molecule has 0 bridgehead atoms. The van der Waals surface area contributed by atoms with E-state index in [4.69, 9.17) is 0 Å². The van der Waals surface area contributed by atoms with Crippen molar-refractivity contribution in [2.24, 2.45) is 0 Å². The summed E-state index contributed by atoms with van der Waals surface area (Å²) in [6.07, 6.45) is -0.145. The highest BCUT2D eigenvalue weighted by atomic mass is 32.2. The molecule has 1 heterocycles. The number of carbonyl (C=O) groups excluding carboxylic acids is 2. The summed E-state index contributed by atoms with van der Waals surface area (Å²) < 4.78 is 25.2.